The molecule has 0 amide bonds. The first-order valence-electron chi connectivity index (χ1n) is 8.16. The Labute approximate surface area is 123 Å². The molecule has 0 aliphatic heterocycles. The highest BCUT2D eigenvalue weighted by atomic mass is 16.5. The summed E-state index contributed by atoms with van der Waals surface area (Å²) in [5.74, 6) is 0.670. The van der Waals surface area contributed by atoms with Crippen LogP contribution in [0.5, 0.6) is 0 Å². The molecule has 2 saturated carbocycles. The van der Waals surface area contributed by atoms with Crippen LogP contribution in [0.25, 0.3) is 0 Å². The Balaban J connectivity index is 1.79. The Kier molecular flexibility index (Phi) is 5.85. The maximum absolute atomic E-state index is 11.8. The highest BCUT2D eigenvalue weighted by Gasteiger charge is 2.30. The van der Waals surface area contributed by atoms with Crippen molar-refractivity contribution in [3.05, 3.63) is 0 Å². The van der Waals surface area contributed by atoms with E-state index in [9.17, 15) is 4.79 Å². The number of hydrogen-bond donors (Lipinski definition) is 1. The molecule has 4 nitrogen and oxygen atoms in total. The van der Waals surface area contributed by atoms with Gasteiger partial charge in [-0.25, -0.2) is 0 Å². The number of carbonyl (C=O) groups is 1. The molecule has 2 fully saturated rings. The van der Waals surface area contributed by atoms with E-state index in [0.29, 0.717) is 12.1 Å². The van der Waals surface area contributed by atoms with E-state index >= 15 is 0 Å². The molecular formula is C16H30N2O2. The first-order valence-corrected chi connectivity index (χ1v) is 8.16. The monoisotopic (exact) mass is 282 g/mol. The second kappa shape index (κ2) is 7.41. The van der Waals surface area contributed by atoms with Crippen molar-refractivity contribution < 1.29 is 9.53 Å². The molecule has 0 aromatic heterocycles. The number of nitrogens with one attached hydrogen (secondary N) is 1. The van der Waals surface area contributed by atoms with Crippen LogP contribution in [0.2, 0.25) is 0 Å². The van der Waals surface area contributed by atoms with Gasteiger partial charge in [0, 0.05) is 18.6 Å². The highest BCUT2D eigenvalue weighted by Crippen LogP contribution is 2.27. The predicted octanol–water partition coefficient (Wildman–Crippen LogP) is 2.18. The zero-order chi connectivity index (χ0) is 14.5. The molecule has 3 atom stereocenters. The molecule has 20 heavy (non-hydrogen) atoms. The third kappa shape index (κ3) is 4.45. The standard InChI is InChI=1S/C16H30N2O2/c1-12-6-4-5-7-15(12)18(2)11-10-14(16(19)20-3)17-13-8-9-13/h12-15,17H,4-11H2,1-3H3. The van der Waals surface area contributed by atoms with Crippen molar-refractivity contribution >= 4 is 5.97 Å². The molecule has 0 saturated heterocycles. The number of ether oxygens (including phenoxy) is 1. The summed E-state index contributed by atoms with van der Waals surface area (Å²) in [4.78, 5) is 14.3. The van der Waals surface area contributed by atoms with Crippen molar-refractivity contribution in [1.29, 1.82) is 0 Å². The number of rotatable bonds is 7. The zero-order valence-electron chi connectivity index (χ0n) is 13.2. The molecule has 0 radical (unpaired) electrons. The van der Waals surface area contributed by atoms with E-state index in [1.54, 1.807) is 0 Å². The summed E-state index contributed by atoms with van der Waals surface area (Å²) < 4.78 is 4.92. The fourth-order valence-corrected chi connectivity index (χ4v) is 3.40. The number of carbonyl (C=O) groups excluding carboxylic acids is 1. The van der Waals surface area contributed by atoms with Crippen LogP contribution in [0.4, 0.5) is 0 Å². The minimum absolute atomic E-state index is 0.109. The maximum atomic E-state index is 11.8. The molecule has 2 aliphatic rings. The number of methoxy groups -OCH3 is 1. The molecule has 0 bridgehead atoms. The van der Waals surface area contributed by atoms with E-state index in [0.717, 1.165) is 18.9 Å². The first kappa shape index (κ1) is 15.8. The Morgan fingerprint density at radius 2 is 2.00 bits per heavy atom. The van der Waals surface area contributed by atoms with Crippen molar-refractivity contribution in [2.45, 2.75) is 70.0 Å². The average molecular weight is 282 g/mol. The summed E-state index contributed by atoms with van der Waals surface area (Å²) in [6.07, 6.45) is 8.61. The van der Waals surface area contributed by atoms with E-state index in [1.807, 2.05) is 0 Å². The van der Waals surface area contributed by atoms with Gasteiger partial charge in [-0.2, -0.15) is 0 Å². The molecule has 4 heteroatoms. The molecule has 2 aliphatic carbocycles. The maximum Gasteiger partial charge on any atom is 0.322 e. The first-order chi connectivity index (χ1) is 9.61. The van der Waals surface area contributed by atoms with Crippen LogP contribution in [-0.2, 0) is 9.53 Å². The van der Waals surface area contributed by atoms with Crippen LogP contribution in [0.1, 0.15) is 51.9 Å². The summed E-state index contributed by atoms with van der Waals surface area (Å²) in [5.41, 5.74) is 0. The quantitative estimate of drug-likeness (QED) is 0.727. The smallest absolute Gasteiger partial charge is 0.322 e. The van der Waals surface area contributed by atoms with Crippen molar-refractivity contribution in [1.82, 2.24) is 10.2 Å². The fraction of sp³-hybridized carbons (Fsp3) is 0.938. The minimum Gasteiger partial charge on any atom is -0.468 e. The van der Waals surface area contributed by atoms with Gasteiger partial charge < -0.3 is 15.0 Å². The third-order valence-electron chi connectivity index (χ3n) is 4.90. The van der Waals surface area contributed by atoms with Gasteiger partial charge in [0.25, 0.3) is 0 Å². The second-order valence-corrected chi connectivity index (χ2v) is 6.62. The van der Waals surface area contributed by atoms with Crippen LogP contribution in [0, 0.1) is 5.92 Å². The molecule has 0 aromatic rings. The molecule has 0 heterocycles. The molecular weight excluding hydrogens is 252 g/mol. The summed E-state index contributed by atoms with van der Waals surface area (Å²) in [6.45, 7) is 3.33. The average Bonchev–Trinajstić information content (AvgIpc) is 3.26. The van der Waals surface area contributed by atoms with Crippen LogP contribution >= 0.6 is 0 Å². The van der Waals surface area contributed by atoms with E-state index in [2.05, 4.69) is 24.2 Å². The van der Waals surface area contributed by atoms with E-state index < -0.39 is 0 Å². The third-order valence-corrected chi connectivity index (χ3v) is 4.90. The van der Waals surface area contributed by atoms with E-state index in [4.69, 9.17) is 4.74 Å². The Morgan fingerprint density at radius 3 is 2.60 bits per heavy atom. The van der Waals surface area contributed by atoms with Gasteiger partial charge in [-0.1, -0.05) is 19.8 Å². The Bertz CT molecular complexity index is 318. The summed E-state index contributed by atoms with van der Waals surface area (Å²) >= 11 is 0. The van der Waals surface area contributed by atoms with E-state index in [1.165, 1.54) is 45.6 Å². The van der Waals surface area contributed by atoms with Gasteiger partial charge in [-0.15, -0.1) is 0 Å². The molecule has 3 unspecified atom stereocenters. The van der Waals surface area contributed by atoms with Crippen LogP contribution in [0.15, 0.2) is 0 Å². The van der Waals surface area contributed by atoms with Crippen LogP contribution < -0.4 is 5.32 Å². The Morgan fingerprint density at radius 1 is 1.30 bits per heavy atom. The van der Waals surface area contributed by atoms with Crippen LogP contribution in [-0.4, -0.2) is 49.7 Å². The SMILES string of the molecule is COC(=O)C(CCN(C)C1CCCCC1C)NC1CC1. The fourth-order valence-electron chi connectivity index (χ4n) is 3.40. The molecule has 0 spiro atoms. The van der Waals surface area contributed by atoms with Gasteiger partial charge in [0.2, 0.25) is 0 Å². The minimum atomic E-state index is -0.131. The second-order valence-electron chi connectivity index (χ2n) is 6.62. The highest BCUT2D eigenvalue weighted by molar-refractivity contribution is 5.75. The number of nitrogens with zero attached hydrogens (tertiary/aromatic N) is 1. The number of esters is 1. The lowest BCUT2D eigenvalue weighted by Gasteiger charge is -2.36. The lowest BCUT2D eigenvalue weighted by molar-refractivity contribution is -0.143. The predicted molar refractivity (Wildman–Crippen MR) is 80.6 cm³/mol. The molecule has 1 N–H and O–H groups in total. The topological polar surface area (TPSA) is 41.6 Å². The Hall–Kier alpha value is -0.610. The van der Waals surface area contributed by atoms with Crippen molar-refractivity contribution in [2.75, 3.05) is 20.7 Å². The largest absolute Gasteiger partial charge is 0.468 e. The van der Waals surface area contributed by atoms with Gasteiger partial charge in [0.05, 0.1) is 7.11 Å². The van der Waals surface area contributed by atoms with Crippen LogP contribution in [0.3, 0.4) is 0 Å². The van der Waals surface area contributed by atoms with Crippen molar-refractivity contribution in [3.8, 4) is 0 Å². The van der Waals surface area contributed by atoms with Gasteiger partial charge in [-0.05, 0) is 45.1 Å². The van der Waals surface area contributed by atoms with Crippen molar-refractivity contribution in [3.63, 3.8) is 0 Å². The van der Waals surface area contributed by atoms with Gasteiger partial charge in [0.15, 0.2) is 0 Å². The molecule has 0 aromatic carbocycles. The summed E-state index contributed by atoms with van der Waals surface area (Å²) in [7, 11) is 3.69. The normalized spacial score (nSPS) is 28.4. The van der Waals surface area contributed by atoms with Gasteiger partial charge in [0.1, 0.15) is 6.04 Å². The van der Waals surface area contributed by atoms with E-state index in [-0.39, 0.29) is 12.0 Å². The summed E-state index contributed by atoms with van der Waals surface area (Å²) in [5, 5.41) is 3.41. The lowest BCUT2D eigenvalue weighted by atomic mass is 9.85. The van der Waals surface area contributed by atoms with Gasteiger partial charge in [-0.3, -0.25) is 4.79 Å². The van der Waals surface area contributed by atoms with Crippen molar-refractivity contribution in [2.24, 2.45) is 5.92 Å². The molecule has 116 valence electrons. The molecule has 2 rings (SSSR count). The lowest BCUT2D eigenvalue weighted by Crippen LogP contribution is -2.44. The summed E-state index contributed by atoms with van der Waals surface area (Å²) in [6, 6.07) is 1.09. The zero-order valence-corrected chi connectivity index (χ0v) is 13.2. The van der Waals surface area contributed by atoms with Gasteiger partial charge >= 0.3 is 5.97 Å². The number of hydrogen-bond acceptors (Lipinski definition) is 4.